The van der Waals surface area contributed by atoms with E-state index < -0.39 is 0 Å². The van der Waals surface area contributed by atoms with Crippen LogP contribution < -0.4 is 10.6 Å². The van der Waals surface area contributed by atoms with Crippen LogP contribution in [0.15, 0.2) is 18.2 Å². The predicted octanol–water partition coefficient (Wildman–Crippen LogP) is 3.98. The van der Waals surface area contributed by atoms with Crippen LogP contribution in [0, 0.1) is 18.8 Å². The molecule has 2 N–H and O–H groups in total. The maximum Gasteiger partial charge on any atom is 0.251 e. The maximum absolute atomic E-state index is 12.2. The van der Waals surface area contributed by atoms with E-state index in [2.05, 4.69) is 17.6 Å². The second-order valence-corrected chi connectivity index (χ2v) is 6.46. The summed E-state index contributed by atoms with van der Waals surface area (Å²) in [5, 5.41) is 6.17. The molecule has 1 aliphatic rings. The number of aryl methyl sites for hydroxylation is 1. The van der Waals surface area contributed by atoms with E-state index in [9.17, 15) is 4.79 Å². The highest BCUT2D eigenvalue weighted by atomic mass is 16.1. The summed E-state index contributed by atoms with van der Waals surface area (Å²) >= 11 is 0. The molecular weight excluding hydrogens is 260 g/mol. The van der Waals surface area contributed by atoms with Crippen LogP contribution in [-0.2, 0) is 0 Å². The zero-order chi connectivity index (χ0) is 15.2. The molecular formula is C18H28N2O. The summed E-state index contributed by atoms with van der Waals surface area (Å²) in [6.07, 6.45) is 6.50. The largest absolute Gasteiger partial charge is 0.388 e. The van der Waals surface area contributed by atoms with Crippen LogP contribution in [0.25, 0.3) is 0 Å². The van der Waals surface area contributed by atoms with Gasteiger partial charge in [0.05, 0.1) is 0 Å². The van der Waals surface area contributed by atoms with Gasteiger partial charge in [0.25, 0.3) is 5.91 Å². The van der Waals surface area contributed by atoms with Crippen LogP contribution in [0.2, 0.25) is 0 Å². The summed E-state index contributed by atoms with van der Waals surface area (Å²) < 4.78 is 0. The third-order valence-corrected chi connectivity index (χ3v) is 4.64. The summed E-state index contributed by atoms with van der Waals surface area (Å²) in [6, 6.07) is 5.86. The second kappa shape index (κ2) is 7.48. The summed E-state index contributed by atoms with van der Waals surface area (Å²) in [5.41, 5.74) is 2.84. The minimum Gasteiger partial charge on any atom is -0.388 e. The van der Waals surface area contributed by atoms with E-state index in [1.807, 2.05) is 32.2 Å². The van der Waals surface area contributed by atoms with Gasteiger partial charge < -0.3 is 10.6 Å². The molecule has 3 heteroatoms. The zero-order valence-corrected chi connectivity index (χ0v) is 13.5. The van der Waals surface area contributed by atoms with E-state index in [4.69, 9.17) is 0 Å². The molecule has 1 aromatic rings. The monoisotopic (exact) mass is 288 g/mol. The highest BCUT2D eigenvalue weighted by molar-refractivity contribution is 5.96. The molecule has 1 aliphatic carbocycles. The molecule has 0 spiro atoms. The third kappa shape index (κ3) is 4.48. The number of amides is 1. The van der Waals surface area contributed by atoms with Gasteiger partial charge in [-0.1, -0.05) is 26.2 Å². The van der Waals surface area contributed by atoms with Gasteiger partial charge in [0, 0.05) is 24.8 Å². The Morgan fingerprint density at radius 1 is 1.33 bits per heavy atom. The fourth-order valence-corrected chi connectivity index (χ4v) is 3.38. The van der Waals surface area contributed by atoms with Gasteiger partial charge in [0.1, 0.15) is 0 Å². The lowest BCUT2D eigenvalue weighted by Gasteiger charge is -2.26. The SMILES string of the molecule is CNc1ccc(C(=O)NCCC2CCCC(C)C2)c(C)c1. The summed E-state index contributed by atoms with van der Waals surface area (Å²) in [4.78, 5) is 12.2. The number of anilines is 1. The topological polar surface area (TPSA) is 41.1 Å². The van der Waals surface area contributed by atoms with E-state index in [0.717, 1.165) is 41.6 Å². The van der Waals surface area contributed by atoms with Crippen LogP contribution >= 0.6 is 0 Å². The van der Waals surface area contributed by atoms with Crippen LogP contribution in [0.3, 0.4) is 0 Å². The van der Waals surface area contributed by atoms with E-state index >= 15 is 0 Å². The van der Waals surface area contributed by atoms with Crippen molar-refractivity contribution in [2.45, 2.75) is 46.0 Å². The molecule has 2 atom stereocenters. The Hall–Kier alpha value is -1.51. The van der Waals surface area contributed by atoms with Crippen LogP contribution in [0.4, 0.5) is 5.69 Å². The summed E-state index contributed by atoms with van der Waals surface area (Å²) in [7, 11) is 1.89. The lowest BCUT2D eigenvalue weighted by molar-refractivity contribution is 0.0949. The molecule has 0 radical (unpaired) electrons. The minimum absolute atomic E-state index is 0.0546. The van der Waals surface area contributed by atoms with Crippen LogP contribution in [0.5, 0.6) is 0 Å². The number of carbonyl (C=O) groups excluding carboxylic acids is 1. The Morgan fingerprint density at radius 2 is 2.14 bits per heavy atom. The highest BCUT2D eigenvalue weighted by Gasteiger charge is 2.18. The minimum atomic E-state index is 0.0546. The second-order valence-electron chi connectivity index (χ2n) is 6.46. The van der Waals surface area contributed by atoms with Gasteiger partial charge in [0.15, 0.2) is 0 Å². The van der Waals surface area contributed by atoms with Crippen LogP contribution in [-0.4, -0.2) is 19.5 Å². The molecule has 0 saturated heterocycles. The van der Waals surface area contributed by atoms with Crippen molar-refractivity contribution in [2.75, 3.05) is 18.9 Å². The fraction of sp³-hybridized carbons (Fsp3) is 0.611. The lowest BCUT2D eigenvalue weighted by atomic mass is 9.81. The number of carbonyl (C=O) groups is 1. The van der Waals surface area contributed by atoms with E-state index in [1.54, 1.807) is 0 Å². The lowest BCUT2D eigenvalue weighted by Crippen LogP contribution is -2.27. The Balaban J connectivity index is 1.81. The molecule has 0 bridgehead atoms. The van der Waals surface area contributed by atoms with E-state index in [1.165, 1.54) is 25.7 Å². The standard InChI is InChI=1S/C18H28N2O/c1-13-5-4-6-15(11-13)9-10-20-18(21)17-8-7-16(19-3)12-14(17)2/h7-8,12-13,15,19H,4-6,9-11H2,1-3H3,(H,20,21). The first-order chi connectivity index (χ1) is 10.1. The van der Waals surface area contributed by atoms with Crippen molar-refractivity contribution in [2.24, 2.45) is 11.8 Å². The molecule has 1 fully saturated rings. The molecule has 1 saturated carbocycles. The van der Waals surface area contributed by atoms with Crippen molar-refractivity contribution in [1.29, 1.82) is 0 Å². The molecule has 116 valence electrons. The first-order valence-electron chi connectivity index (χ1n) is 8.16. The smallest absolute Gasteiger partial charge is 0.251 e. The van der Waals surface area contributed by atoms with Crippen molar-refractivity contribution in [1.82, 2.24) is 5.32 Å². The van der Waals surface area contributed by atoms with E-state index in [0.29, 0.717) is 0 Å². The number of hydrogen-bond acceptors (Lipinski definition) is 2. The average molecular weight is 288 g/mol. The molecule has 1 aromatic carbocycles. The summed E-state index contributed by atoms with van der Waals surface area (Å²) in [6.45, 7) is 5.12. The number of benzene rings is 1. The first kappa shape index (κ1) is 15.9. The Kier molecular flexibility index (Phi) is 5.66. The zero-order valence-electron chi connectivity index (χ0n) is 13.5. The number of rotatable bonds is 5. The molecule has 0 heterocycles. The van der Waals surface area contributed by atoms with Gasteiger partial charge in [-0.05, 0) is 55.4 Å². The Labute approximate surface area is 128 Å². The van der Waals surface area contributed by atoms with Crippen molar-refractivity contribution in [3.63, 3.8) is 0 Å². The summed E-state index contributed by atoms with van der Waals surface area (Å²) in [5.74, 6) is 1.71. The third-order valence-electron chi connectivity index (χ3n) is 4.64. The quantitative estimate of drug-likeness (QED) is 0.860. The molecule has 2 unspecified atom stereocenters. The van der Waals surface area contributed by atoms with Crippen molar-refractivity contribution < 1.29 is 4.79 Å². The normalized spacial score (nSPS) is 21.9. The van der Waals surface area contributed by atoms with Gasteiger partial charge in [-0.3, -0.25) is 4.79 Å². The molecule has 1 amide bonds. The molecule has 21 heavy (non-hydrogen) atoms. The number of hydrogen-bond donors (Lipinski definition) is 2. The van der Waals surface area contributed by atoms with Gasteiger partial charge in [-0.2, -0.15) is 0 Å². The Bertz CT molecular complexity index is 484. The average Bonchev–Trinajstić information content (AvgIpc) is 2.47. The van der Waals surface area contributed by atoms with Gasteiger partial charge >= 0.3 is 0 Å². The van der Waals surface area contributed by atoms with Crippen molar-refractivity contribution >= 4 is 11.6 Å². The molecule has 0 aliphatic heterocycles. The van der Waals surface area contributed by atoms with Gasteiger partial charge in [-0.25, -0.2) is 0 Å². The van der Waals surface area contributed by atoms with Crippen molar-refractivity contribution in [3.05, 3.63) is 29.3 Å². The van der Waals surface area contributed by atoms with Crippen LogP contribution in [0.1, 0.15) is 54.9 Å². The van der Waals surface area contributed by atoms with E-state index in [-0.39, 0.29) is 5.91 Å². The predicted molar refractivity (Wildman–Crippen MR) is 88.8 cm³/mol. The van der Waals surface area contributed by atoms with Gasteiger partial charge in [0.2, 0.25) is 0 Å². The van der Waals surface area contributed by atoms with Gasteiger partial charge in [-0.15, -0.1) is 0 Å². The molecule has 2 rings (SSSR count). The Morgan fingerprint density at radius 3 is 2.81 bits per heavy atom. The van der Waals surface area contributed by atoms with Crippen molar-refractivity contribution in [3.8, 4) is 0 Å². The molecule has 0 aromatic heterocycles. The number of nitrogens with one attached hydrogen (secondary N) is 2. The molecule has 3 nitrogen and oxygen atoms in total. The maximum atomic E-state index is 12.2. The first-order valence-corrected chi connectivity index (χ1v) is 8.16. The highest BCUT2D eigenvalue weighted by Crippen LogP contribution is 2.30. The fourth-order valence-electron chi connectivity index (χ4n) is 3.38.